The molecule has 1 aromatic rings. The Kier molecular flexibility index (Phi) is 5.77. The molecule has 0 aliphatic rings. The number of ether oxygens (including phenoxy) is 1. The third kappa shape index (κ3) is 3.80. The Morgan fingerprint density at radius 2 is 2.11 bits per heavy atom. The topological polar surface area (TPSA) is 56.3 Å². The lowest BCUT2D eigenvalue weighted by Crippen LogP contribution is -2.25. The maximum Gasteiger partial charge on any atom is 0.321 e. The molecule has 4 nitrogen and oxygen atoms in total. The van der Waals surface area contributed by atoms with Crippen molar-refractivity contribution in [2.75, 3.05) is 0 Å². The molecule has 0 aliphatic carbocycles. The summed E-state index contributed by atoms with van der Waals surface area (Å²) in [4.78, 5) is 27.8. The first kappa shape index (κ1) is 14.1. The van der Waals surface area contributed by atoms with E-state index in [1.54, 1.807) is 12.1 Å². The Morgan fingerprint density at radius 3 is 2.67 bits per heavy atom. The summed E-state index contributed by atoms with van der Waals surface area (Å²) in [7, 11) is 0. The molecule has 4 heteroatoms. The second-order valence-electron chi connectivity index (χ2n) is 3.90. The Morgan fingerprint density at radius 1 is 1.44 bits per heavy atom. The van der Waals surface area contributed by atoms with E-state index in [9.17, 15) is 9.59 Å². The van der Waals surface area contributed by atoms with Crippen molar-refractivity contribution in [1.82, 2.24) is 4.98 Å². The van der Waals surface area contributed by atoms with E-state index in [1.807, 2.05) is 6.92 Å². The fourth-order valence-electron chi connectivity index (χ4n) is 1.65. The maximum absolute atomic E-state index is 12.2. The van der Waals surface area contributed by atoms with E-state index in [-0.39, 0.29) is 5.78 Å². The van der Waals surface area contributed by atoms with Gasteiger partial charge in [0.2, 0.25) is 0 Å². The fourth-order valence-corrected chi connectivity index (χ4v) is 1.65. The lowest BCUT2D eigenvalue weighted by molar-refractivity contribution is -0.141. The molecule has 0 amide bonds. The van der Waals surface area contributed by atoms with Crippen LogP contribution in [0.25, 0.3) is 0 Å². The van der Waals surface area contributed by atoms with Gasteiger partial charge in [-0.3, -0.25) is 14.6 Å². The van der Waals surface area contributed by atoms with E-state index in [4.69, 9.17) is 4.74 Å². The zero-order valence-electron chi connectivity index (χ0n) is 10.5. The quantitative estimate of drug-likeness (QED) is 0.322. The zero-order chi connectivity index (χ0) is 13.4. The molecule has 0 saturated carbocycles. The van der Waals surface area contributed by atoms with Crippen molar-refractivity contribution in [3.8, 4) is 0 Å². The normalized spacial score (nSPS) is 11.6. The predicted octanol–water partition coefficient (Wildman–Crippen LogP) is 2.76. The van der Waals surface area contributed by atoms with Gasteiger partial charge in [-0.05, 0) is 18.6 Å². The number of Topliss-reactive ketones (excluding diaryl/α,β-unsaturated/α-hetero) is 1. The van der Waals surface area contributed by atoms with Crippen LogP contribution in [-0.2, 0) is 9.53 Å². The van der Waals surface area contributed by atoms with Gasteiger partial charge in [-0.1, -0.05) is 26.3 Å². The monoisotopic (exact) mass is 247 g/mol. The number of aromatic nitrogens is 1. The standard InChI is InChI=1S/C14H17NO3/c1-3-5-6-12(14(17)18-4-2)13(16)11-7-9-15-10-8-11/h4,7-10,12H,2-3,5-6H2,1H3. The van der Waals surface area contributed by atoms with E-state index >= 15 is 0 Å². The number of unbranched alkanes of at least 4 members (excludes halogenated alkanes) is 1. The molecular weight excluding hydrogens is 230 g/mol. The van der Waals surface area contributed by atoms with E-state index in [0.717, 1.165) is 19.1 Å². The van der Waals surface area contributed by atoms with E-state index in [2.05, 4.69) is 11.6 Å². The average molecular weight is 247 g/mol. The van der Waals surface area contributed by atoms with E-state index in [0.29, 0.717) is 12.0 Å². The highest BCUT2D eigenvalue weighted by molar-refractivity contribution is 6.08. The van der Waals surface area contributed by atoms with Crippen LogP contribution in [-0.4, -0.2) is 16.7 Å². The fraction of sp³-hybridized carbons (Fsp3) is 0.357. The molecule has 0 N–H and O–H groups in total. The van der Waals surface area contributed by atoms with Crippen molar-refractivity contribution in [2.45, 2.75) is 26.2 Å². The minimum absolute atomic E-state index is 0.224. The highest BCUT2D eigenvalue weighted by Gasteiger charge is 2.28. The Balaban J connectivity index is 2.85. The summed E-state index contributed by atoms with van der Waals surface area (Å²) >= 11 is 0. The summed E-state index contributed by atoms with van der Waals surface area (Å²) in [5.41, 5.74) is 0.479. The predicted molar refractivity (Wildman–Crippen MR) is 67.9 cm³/mol. The van der Waals surface area contributed by atoms with Gasteiger partial charge in [0.25, 0.3) is 0 Å². The van der Waals surface area contributed by atoms with Crippen LogP contribution in [0.1, 0.15) is 36.5 Å². The average Bonchev–Trinajstić information content (AvgIpc) is 2.40. The van der Waals surface area contributed by atoms with Crippen molar-refractivity contribution < 1.29 is 14.3 Å². The first-order valence-electron chi connectivity index (χ1n) is 5.96. The highest BCUT2D eigenvalue weighted by atomic mass is 16.5. The van der Waals surface area contributed by atoms with Gasteiger partial charge in [-0.15, -0.1) is 0 Å². The van der Waals surface area contributed by atoms with Crippen molar-refractivity contribution in [3.63, 3.8) is 0 Å². The van der Waals surface area contributed by atoms with Crippen LogP contribution in [0.2, 0.25) is 0 Å². The summed E-state index contributed by atoms with van der Waals surface area (Å²) in [6.07, 6.45) is 6.33. The van der Waals surface area contributed by atoms with Crippen LogP contribution in [0, 0.1) is 5.92 Å². The number of ketones is 1. The van der Waals surface area contributed by atoms with Gasteiger partial charge in [0.15, 0.2) is 5.78 Å². The van der Waals surface area contributed by atoms with Gasteiger partial charge in [0, 0.05) is 18.0 Å². The molecule has 1 atom stereocenters. The second-order valence-corrected chi connectivity index (χ2v) is 3.90. The molecule has 0 aliphatic heterocycles. The molecule has 0 fully saturated rings. The van der Waals surface area contributed by atoms with E-state index < -0.39 is 11.9 Å². The number of hydrogen-bond donors (Lipinski definition) is 0. The molecule has 0 radical (unpaired) electrons. The summed E-state index contributed by atoms with van der Waals surface area (Å²) in [6.45, 7) is 5.34. The maximum atomic E-state index is 12.2. The number of rotatable bonds is 7. The van der Waals surface area contributed by atoms with Crippen molar-refractivity contribution in [1.29, 1.82) is 0 Å². The van der Waals surface area contributed by atoms with Crippen LogP contribution >= 0.6 is 0 Å². The lowest BCUT2D eigenvalue weighted by atomic mass is 9.93. The van der Waals surface area contributed by atoms with Gasteiger partial charge < -0.3 is 4.74 Å². The minimum atomic E-state index is -0.759. The van der Waals surface area contributed by atoms with Crippen LogP contribution in [0.4, 0.5) is 0 Å². The molecule has 1 aromatic heterocycles. The number of pyridine rings is 1. The molecular formula is C14H17NO3. The third-order valence-electron chi connectivity index (χ3n) is 2.61. The molecule has 0 bridgehead atoms. The van der Waals surface area contributed by atoms with Crippen molar-refractivity contribution >= 4 is 11.8 Å². The second kappa shape index (κ2) is 7.37. The lowest BCUT2D eigenvalue weighted by Gasteiger charge is -2.12. The zero-order valence-corrected chi connectivity index (χ0v) is 10.5. The number of hydrogen-bond acceptors (Lipinski definition) is 4. The first-order valence-corrected chi connectivity index (χ1v) is 5.96. The Labute approximate surface area is 107 Å². The van der Waals surface area contributed by atoms with Gasteiger partial charge in [0.05, 0.1) is 6.26 Å². The van der Waals surface area contributed by atoms with E-state index in [1.165, 1.54) is 12.4 Å². The molecule has 1 unspecified atom stereocenters. The summed E-state index contributed by atoms with van der Waals surface area (Å²) in [6, 6.07) is 3.20. The number of carbonyl (C=O) groups excluding carboxylic acids is 2. The molecule has 1 heterocycles. The summed E-state index contributed by atoms with van der Waals surface area (Å²) < 4.78 is 4.73. The minimum Gasteiger partial charge on any atom is -0.435 e. The Bertz CT molecular complexity index is 414. The van der Waals surface area contributed by atoms with Gasteiger partial charge in [-0.25, -0.2) is 0 Å². The largest absolute Gasteiger partial charge is 0.435 e. The molecule has 18 heavy (non-hydrogen) atoms. The van der Waals surface area contributed by atoms with Gasteiger partial charge >= 0.3 is 5.97 Å². The van der Waals surface area contributed by atoms with Crippen LogP contribution in [0.5, 0.6) is 0 Å². The summed E-state index contributed by atoms with van der Waals surface area (Å²) in [5, 5.41) is 0. The molecule has 0 spiro atoms. The van der Waals surface area contributed by atoms with Crippen LogP contribution < -0.4 is 0 Å². The highest BCUT2D eigenvalue weighted by Crippen LogP contribution is 2.17. The molecule has 0 saturated heterocycles. The van der Waals surface area contributed by atoms with Crippen LogP contribution in [0.15, 0.2) is 37.4 Å². The molecule has 1 rings (SSSR count). The smallest absolute Gasteiger partial charge is 0.321 e. The molecule has 96 valence electrons. The molecule has 0 aromatic carbocycles. The SMILES string of the molecule is C=COC(=O)C(CCCC)C(=O)c1ccncc1. The first-order chi connectivity index (χ1) is 8.70. The van der Waals surface area contributed by atoms with Gasteiger partial charge in [-0.2, -0.15) is 0 Å². The number of nitrogens with zero attached hydrogens (tertiary/aromatic N) is 1. The summed E-state index contributed by atoms with van der Waals surface area (Å²) in [5.74, 6) is -1.52. The van der Waals surface area contributed by atoms with Gasteiger partial charge in [0.1, 0.15) is 5.92 Å². The van der Waals surface area contributed by atoms with Crippen molar-refractivity contribution in [2.24, 2.45) is 5.92 Å². The van der Waals surface area contributed by atoms with Crippen molar-refractivity contribution in [3.05, 3.63) is 42.9 Å². The Hall–Kier alpha value is -1.97. The van der Waals surface area contributed by atoms with Crippen LogP contribution in [0.3, 0.4) is 0 Å². The third-order valence-corrected chi connectivity index (χ3v) is 2.61. The number of esters is 1. The number of carbonyl (C=O) groups is 2.